The van der Waals surface area contributed by atoms with Crippen LogP contribution in [0, 0.1) is 5.41 Å². The van der Waals surface area contributed by atoms with Gasteiger partial charge < -0.3 is 5.73 Å². The third-order valence-electron chi connectivity index (χ3n) is 3.57. The molecule has 0 aromatic rings. The summed E-state index contributed by atoms with van der Waals surface area (Å²) in [5, 5.41) is 0. The van der Waals surface area contributed by atoms with E-state index in [0.29, 0.717) is 13.0 Å². The van der Waals surface area contributed by atoms with E-state index in [4.69, 9.17) is 5.73 Å². The number of hydrogen-bond acceptors (Lipinski definition) is 2. The first-order valence-electron chi connectivity index (χ1n) is 6.21. The zero-order chi connectivity index (χ0) is 12.7. The van der Waals surface area contributed by atoms with E-state index in [1.165, 1.54) is 0 Å². The van der Waals surface area contributed by atoms with E-state index in [0.717, 1.165) is 0 Å². The molecule has 2 N–H and O–H groups in total. The Hall–Kier alpha value is -0.150. The lowest BCUT2D eigenvalue weighted by atomic mass is 9.83. The fourth-order valence-electron chi connectivity index (χ4n) is 2.89. The highest BCUT2D eigenvalue weighted by Gasteiger charge is 2.49. The predicted molar refractivity (Wildman–Crippen MR) is 67.2 cm³/mol. The normalized spacial score (nSPS) is 33.4. The van der Waals surface area contributed by atoms with Crippen LogP contribution < -0.4 is 5.73 Å². The van der Waals surface area contributed by atoms with Crippen LogP contribution in [0.25, 0.3) is 0 Å². The van der Waals surface area contributed by atoms with Crippen molar-refractivity contribution in [3.05, 3.63) is 0 Å². The second-order valence-corrected chi connectivity index (χ2v) is 7.01. The molecule has 0 unspecified atom stereocenters. The van der Waals surface area contributed by atoms with Crippen LogP contribution in [0.3, 0.4) is 0 Å². The van der Waals surface area contributed by atoms with Crippen molar-refractivity contribution in [2.24, 2.45) is 11.1 Å². The molecule has 0 aromatic carbocycles. The standard InChI is InChI=1S/C13H27FN2/c1-12(2,3)11-7-9(14)10(8-15)16(11)13(4,5)6/h9-11H,7-8,15H2,1-6H3/t9-,10+,11+/m1/s1. The first-order chi connectivity index (χ1) is 7.09. The van der Waals surface area contributed by atoms with Crippen LogP contribution in [-0.4, -0.2) is 35.2 Å². The highest BCUT2D eigenvalue weighted by atomic mass is 19.1. The van der Waals surface area contributed by atoms with Crippen molar-refractivity contribution in [1.29, 1.82) is 0 Å². The summed E-state index contributed by atoms with van der Waals surface area (Å²) >= 11 is 0. The molecular weight excluding hydrogens is 203 g/mol. The summed E-state index contributed by atoms with van der Waals surface area (Å²) in [6.45, 7) is 13.4. The SMILES string of the molecule is CC(C)(C)[C@@H]1C[C@@H](F)[C@H](CN)N1C(C)(C)C. The van der Waals surface area contributed by atoms with Gasteiger partial charge in [-0.1, -0.05) is 20.8 Å². The molecule has 1 aliphatic heterocycles. The van der Waals surface area contributed by atoms with Gasteiger partial charge in [0.1, 0.15) is 6.17 Å². The fourth-order valence-corrected chi connectivity index (χ4v) is 2.89. The summed E-state index contributed by atoms with van der Waals surface area (Å²) in [5.74, 6) is 0. The maximum atomic E-state index is 14.0. The Morgan fingerprint density at radius 3 is 2.00 bits per heavy atom. The Kier molecular flexibility index (Phi) is 3.71. The van der Waals surface area contributed by atoms with Crippen molar-refractivity contribution >= 4 is 0 Å². The number of likely N-dealkylation sites (tertiary alicyclic amines) is 1. The van der Waals surface area contributed by atoms with E-state index in [1.54, 1.807) is 0 Å². The molecule has 0 radical (unpaired) electrons. The third kappa shape index (κ3) is 2.57. The highest BCUT2D eigenvalue weighted by molar-refractivity contribution is 5.03. The van der Waals surface area contributed by atoms with Crippen LogP contribution in [0.5, 0.6) is 0 Å². The zero-order valence-electron chi connectivity index (χ0n) is 11.5. The van der Waals surface area contributed by atoms with Crippen molar-refractivity contribution in [1.82, 2.24) is 4.90 Å². The summed E-state index contributed by atoms with van der Waals surface area (Å²) in [6, 6.07) is 0.153. The highest BCUT2D eigenvalue weighted by Crippen LogP contribution is 2.41. The van der Waals surface area contributed by atoms with Gasteiger partial charge in [-0.15, -0.1) is 0 Å². The molecule has 1 aliphatic rings. The van der Waals surface area contributed by atoms with Gasteiger partial charge in [0, 0.05) is 18.1 Å². The molecule has 0 aromatic heterocycles. The fraction of sp³-hybridized carbons (Fsp3) is 1.00. The Morgan fingerprint density at radius 2 is 1.69 bits per heavy atom. The minimum atomic E-state index is -0.784. The van der Waals surface area contributed by atoms with Crippen LogP contribution in [-0.2, 0) is 0 Å². The monoisotopic (exact) mass is 230 g/mol. The lowest BCUT2D eigenvalue weighted by Crippen LogP contribution is -2.55. The second-order valence-electron chi connectivity index (χ2n) is 7.01. The van der Waals surface area contributed by atoms with Crippen molar-refractivity contribution in [3.8, 4) is 0 Å². The van der Waals surface area contributed by atoms with Gasteiger partial charge in [-0.2, -0.15) is 0 Å². The van der Waals surface area contributed by atoms with Crippen LogP contribution in [0.15, 0.2) is 0 Å². The lowest BCUT2D eigenvalue weighted by molar-refractivity contribution is 0.0227. The van der Waals surface area contributed by atoms with Gasteiger partial charge in [-0.05, 0) is 32.6 Å². The van der Waals surface area contributed by atoms with Gasteiger partial charge in [-0.3, -0.25) is 4.90 Å². The number of alkyl halides is 1. The van der Waals surface area contributed by atoms with Crippen molar-refractivity contribution in [3.63, 3.8) is 0 Å². The Morgan fingerprint density at radius 1 is 1.19 bits per heavy atom. The molecule has 0 spiro atoms. The van der Waals surface area contributed by atoms with Crippen molar-refractivity contribution in [2.75, 3.05) is 6.54 Å². The van der Waals surface area contributed by atoms with Crippen molar-refractivity contribution < 1.29 is 4.39 Å². The molecule has 1 saturated heterocycles. The smallest absolute Gasteiger partial charge is 0.118 e. The summed E-state index contributed by atoms with van der Waals surface area (Å²) in [7, 11) is 0. The number of halogens is 1. The molecule has 96 valence electrons. The Bertz CT molecular complexity index is 239. The molecule has 3 atom stereocenters. The van der Waals surface area contributed by atoms with Gasteiger partial charge in [0.25, 0.3) is 0 Å². The number of rotatable bonds is 1. The van der Waals surface area contributed by atoms with Gasteiger partial charge >= 0.3 is 0 Å². The number of hydrogen-bond donors (Lipinski definition) is 1. The molecular formula is C13H27FN2. The second kappa shape index (κ2) is 4.26. The molecule has 2 nitrogen and oxygen atoms in total. The topological polar surface area (TPSA) is 29.3 Å². The Balaban J connectivity index is 3.03. The first-order valence-corrected chi connectivity index (χ1v) is 6.21. The van der Waals surface area contributed by atoms with E-state index in [2.05, 4.69) is 46.4 Å². The van der Waals surface area contributed by atoms with Gasteiger partial charge in [0.2, 0.25) is 0 Å². The number of nitrogens with two attached hydrogens (primary N) is 1. The quantitative estimate of drug-likeness (QED) is 0.750. The lowest BCUT2D eigenvalue weighted by Gasteiger charge is -2.45. The largest absolute Gasteiger partial charge is 0.329 e. The van der Waals surface area contributed by atoms with Gasteiger partial charge in [0.15, 0.2) is 0 Å². The van der Waals surface area contributed by atoms with E-state index >= 15 is 0 Å². The maximum absolute atomic E-state index is 14.0. The molecule has 0 aliphatic carbocycles. The predicted octanol–water partition coefficient (Wildman–Crippen LogP) is 2.57. The van der Waals surface area contributed by atoms with Crippen molar-refractivity contribution in [2.45, 2.75) is 71.8 Å². The van der Waals surface area contributed by atoms with E-state index < -0.39 is 6.17 Å². The molecule has 0 amide bonds. The average molecular weight is 230 g/mol. The maximum Gasteiger partial charge on any atom is 0.118 e. The van der Waals surface area contributed by atoms with Crippen LogP contribution in [0.1, 0.15) is 48.0 Å². The van der Waals surface area contributed by atoms with E-state index in [9.17, 15) is 4.39 Å². The Labute approximate surface area is 99.4 Å². The minimum Gasteiger partial charge on any atom is -0.329 e. The van der Waals surface area contributed by atoms with Crippen LogP contribution in [0.4, 0.5) is 4.39 Å². The summed E-state index contributed by atoms with van der Waals surface area (Å²) < 4.78 is 14.0. The van der Waals surface area contributed by atoms with Crippen LogP contribution in [0.2, 0.25) is 0 Å². The molecule has 1 rings (SSSR count). The molecule has 0 bridgehead atoms. The number of nitrogens with zero attached hydrogens (tertiary/aromatic N) is 1. The summed E-state index contributed by atoms with van der Waals surface area (Å²) in [5.41, 5.74) is 5.81. The van der Waals surface area contributed by atoms with E-state index in [-0.39, 0.29) is 23.0 Å². The van der Waals surface area contributed by atoms with Gasteiger partial charge in [-0.25, -0.2) is 4.39 Å². The summed E-state index contributed by atoms with van der Waals surface area (Å²) in [6.07, 6.45) is -0.170. The molecule has 16 heavy (non-hydrogen) atoms. The molecule has 1 fully saturated rings. The molecule has 0 saturated carbocycles. The van der Waals surface area contributed by atoms with E-state index in [1.807, 2.05) is 0 Å². The van der Waals surface area contributed by atoms with Crippen LogP contribution >= 0.6 is 0 Å². The first kappa shape index (κ1) is 13.9. The zero-order valence-corrected chi connectivity index (χ0v) is 11.5. The third-order valence-corrected chi connectivity index (χ3v) is 3.57. The molecule has 1 heterocycles. The van der Waals surface area contributed by atoms with Gasteiger partial charge in [0.05, 0.1) is 6.04 Å². The molecule has 3 heteroatoms. The summed E-state index contributed by atoms with van der Waals surface area (Å²) in [4.78, 5) is 2.29. The average Bonchev–Trinajstić information content (AvgIpc) is 2.40. The minimum absolute atomic E-state index is 0.0250.